The summed E-state index contributed by atoms with van der Waals surface area (Å²) in [4.78, 5) is 16.3. The molecule has 1 N–H and O–H groups in total. The molecule has 1 amide bonds. The number of aryl methyl sites for hydroxylation is 1. The highest BCUT2D eigenvalue weighted by Gasteiger charge is 2.52. The molecule has 1 aliphatic heterocycles. The summed E-state index contributed by atoms with van der Waals surface area (Å²) in [6.45, 7) is 2.08. The smallest absolute Gasteiger partial charge is 0.226 e. The van der Waals surface area contributed by atoms with Gasteiger partial charge < -0.3 is 10.2 Å². The van der Waals surface area contributed by atoms with Crippen molar-refractivity contribution in [2.75, 3.05) is 18.0 Å². The molecular weight excluding hydrogens is 464 g/mol. The van der Waals surface area contributed by atoms with Crippen LogP contribution in [0.25, 0.3) is 0 Å². The van der Waals surface area contributed by atoms with Gasteiger partial charge in [0.05, 0.1) is 0 Å². The number of carbonyl (C=O) groups is 1. The summed E-state index contributed by atoms with van der Waals surface area (Å²) < 4.78 is 0. The van der Waals surface area contributed by atoms with E-state index in [1.165, 1.54) is 81.0 Å². The molecule has 3 atom stereocenters. The number of benzene rings is 2. The van der Waals surface area contributed by atoms with E-state index < -0.39 is 0 Å². The van der Waals surface area contributed by atoms with Gasteiger partial charge in [0.1, 0.15) is 0 Å². The van der Waals surface area contributed by atoms with E-state index in [2.05, 4.69) is 58.7 Å². The number of rotatable bonds is 9. The number of nitrogens with one attached hydrogen (secondary N) is 1. The van der Waals surface area contributed by atoms with Crippen LogP contribution in [0, 0.1) is 11.8 Å². The van der Waals surface area contributed by atoms with Crippen LogP contribution >= 0.6 is 0 Å². The van der Waals surface area contributed by atoms with Crippen LogP contribution in [0.3, 0.4) is 0 Å². The zero-order valence-corrected chi connectivity index (χ0v) is 23.4. The number of fused-ring (bicyclic) bond motifs is 1. The first kappa shape index (κ1) is 26.1. The predicted molar refractivity (Wildman–Crippen MR) is 158 cm³/mol. The molecule has 3 aliphatic carbocycles. The Morgan fingerprint density at radius 3 is 2.58 bits per heavy atom. The van der Waals surface area contributed by atoms with Gasteiger partial charge in [-0.1, -0.05) is 81.0 Å². The Morgan fingerprint density at radius 1 is 0.868 bits per heavy atom. The van der Waals surface area contributed by atoms with Gasteiger partial charge in [-0.3, -0.25) is 4.79 Å². The second kappa shape index (κ2) is 11.9. The van der Waals surface area contributed by atoms with Gasteiger partial charge >= 0.3 is 0 Å². The summed E-state index contributed by atoms with van der Waals surface area (Å²) in [7, 11) is 0. The largest absolute Gasteiger partial charge is 0.313 e. The molecule has 3 heteroatoms. The number of hydrogen-bond donors (Lipinski definition) is 1. The van der Waals surface area contributed by atoms with E-state index in [1.54, 1.807) is 5.56 Å². The summed E-state index contributed by atoms with van der Waals surface area (Å²) >= 11 is 0. The van der Waals surface area contributed by atoms with Gasteiger partial charge in [-0.15, -0.1) is 0 Å². The van der Waals surface area contributed by atoms with Crippen LogP contribution in [0.4, 0.5) is 5.69 Å². The van der Waals surface area contributed by atoms with E-state index in [9.17, 15) is 4.79 Å². The first-order valence-electron chi connectivity index (χ1n) is 15.9. The van der Waals surface area contributed by atoms with E-state index in [1.807, 2.05) is 0 Å². The van der Waals surface area contributed by atoms with Crippen LogP contribution in [0.2, 0.25) is 0 Å². The lowest BCUT2D eigenvalue weighted by molar-refractivity contribution is -0.118. The molecule has 1 heterocycles. The molecule has 1 saturated heterocycles. The van der Waals surface area contributed by atoms with Crippen molar-refractivity contribution in [1.29, 1.82) is 0 Å². The second-order valence-electron chi connectivity index (χ2n) is 12.9. The van der Waals surface area contributed by atoms with Gasteiger partial charge in [0.25, 0.3) is 0 Å². The van der Waals surface area contributed by atoms with Crippen LogP contribution in [0.15, 0.2) is 48.5 Å². The molecule has 2 saturated carbocycles. The Hall–Kier alpha value is -2.13. The van der Waals surface area contributed by atoms with Gasteiger partial charge in [0.15, 0.2) is 0 Å². The lowest BCUT2D eigenvalue weighted by atomic mass is 9.52. The monoisotopic (exact) mass is 512 g/mol. The molecule has 0 aromatic heterocycles. The zero-order valence-electron chi connectivity index (χ0n) is 23.4. The molecule has 3 nitrogen and oxygen atoms in total. The van der Waals surface area contributed by atoms with Crippen molar-refractivity contribution in [3.05, 3.63) is 65.2 Å². The summed E-state index contributed by atoms with van der Waals surface area (Å²) in [5.74, 6) is 1.80. The van der Waals surface area contributed by atoms with Crippen LogP contribution in [0.1, 0.15) is 107 Å². The Morgan fingerprint density at radius 2 is 1.71 bits per heavy atom. The topological polar surface area (TPSA) is 32.3 Å². The maximum atomic E-state index is 14.0. The molecule has 0 unspecified atom stereocenters. The zero-order chi connectivity index (χ0) is 25.8. The van der Waals surface area contributed by atoms with Crippen molar-refractivity contribution in [3.63, 3.8) is 0 Å². The first-order valence-corrected chi connectivity index (χ1v) is 15.9. The minimum Gasteiger partial charge on any atom is -0.313 e. The maximum absolute atomic E-state index is 14.0. The Bertz CT molecular complexity index is 1070. The Kier molecular flexibility index (Phi) is 8.21. The van der Waals surface area contributed by atoms with E-state index in [0.29, 0.717) is 29.7 Å². The number of carbonyl (C=O) groups excluding carboxylic acids is 1. The van der Waals surface area contributed by atoms with Crippen molar-refractivity contribution in [1.82, 2.24) is 5.32 Å². The van der Waals surface area contributed by atoms with Crippen molar-refractivity contribution in [2.24, 2.45) is 11.8 Å². The molecule has 0 spiro atoms. The molecule has 3 fully saturated rings. The first-order chi connectivity index (χ1) is 18.7. The minimum atomic E-state index is 0.342. The third kappa shape index (κ3) is 5.33. The molecular formula is C35H48N2O. The van der Waals surface area contributed by atoms with Gasteiger partial charge in [0.2, 0.25) is 5.91 Å². The fourth-order valence-electron chi connectivity index (χ4n) is 8.72. The molecule has 2 aromatic carbocycles. The summed E-state index contributed by atoms with van der Waals surface area (Å²) in [5, 5.41) is 3.92. The predicted octanol–water partition coefficient (Wildman–Crippen LogP) is 7.75. The number of anilines is 1. The normalized spacial score (nSPS) is 26.8. The number of hydrogen-bond acceptors (Lipinski definition) is 2. The van der Waals surface area contributed by atoms with Crippen LogP contribution in [-0.2, 0) is 23.1 Å². The molecule has 4 aliphatic rings. The fourth-order valence-corrected chi connectivity index (χ4v) is 8.72. The second-order valence-corrected chi connectivity index (χ2v) is 12.9. The average molecular weight is 513 g/mol. The Balaban J connectivity index is 1.21. The average Bonchev–Trinajstić information content (AvgIpc) is 2.96. The lowest BCUT2D eigenvalue weighted by Gasteiger charge is -2.56. The van der Waals surface area contributed by atoms with Gasteiger partial charge in [-0.05, 0) is 98.9 Å². The molecule has 204 valence electrons. The molecule has 2 bridgehead atoms. The van der Waals surface area contributed by atoms with Crippen molar-refractivity contribution in [2.45, 2.75) is 114 Å². The van der Waals surface area contributed by atoms with Gasteiger partial charge in [-0.2, -0.15) is 0 Å². The van der Waals surface area contributed by atoms with Gasteiger partial charge in [-0.25, -0.2) is 0 Å². The quantitative estimate of drug-likeness (QED) is 0.348. The summed E-state index contributed by atoms with van der Waals surface area (Å²) in [5.41, 5.74) is 6.14. The highest BCUT2D eigenvalue weighted by molar-refractivity contribution is 5.94. The lowest BCUT2D eigenvalue weighted by Crippen LogP contribution is -2.59. The number of piperidine rings is 1. The highest BCUT2D eigenvalue weighted by Crippen LogP contribution is 2.55. The fraction of sp³-hybridized carbons (Fsp3) is 0.629. The van der Waals surface area contributed by atoms with E-state index in [0.717, 1.165) is 51.1 Å². The maximum Gasteiger partial charge on any atom is 0.226 e. The number of unbranched alkanes of at least 4 members (excludes halogenated alkanes) is 2. The van der Waals surface area contributed by atoms with Gasteiger partial charge in [0, 0.05) is 30.1 Å². The third-order valence-corrected chi connectivity index (χ3v) is 10.6. The molecule has 0 radical (unpaired) electrons. The SMILES string of the molecule is O=C(CCCCCc1ccccc1)N(CC1CCCCC1)c1cccc2c1C[C@H]1NCC[C@@]23CCCC[C@@H]13. The highest BCUT2D eigenvalue weighted by atomic mass is 16.2. The van der Waals surface area contributed by atoms with Crippen molar-refractivity contribution in [3.8, 4) is 0 Å². The van der Waals surface area contributed by atoms with Crippen LogP contribution in [0.5, 0.6) is 0 Å². The molecule has 38 heavy (non-hydrogen) atoms. The van der Waals surface area contributed by atoms with Crippen molar-refractivity contribution < 1.29 is 4.79 Å². The number of nitrogens with zero attached hydrogens (tertiary/aromatic N) is 1. The van der Waals surface area contributed by atoms with E-state index in [4.69, 9.17) is 0 Å². The van der Waals surface area contributed by atoms with E-state index >= 15 is 0 Å². The standard InChI is InChI=1S/C35H48N2O/c38-34(21-9-3-6-15-27-13-4-1-5-14-27)37(26-28-16-7-2-8-17-28)33-20-12-19-30-29(33)25-32-31-18-10-11-22-35(30,31)23-24-36-32/h1,4-5,12-14,19-20,28,31-32,36H,2-3,6-11,15-18,21-26H2/t31-,32+,35-/m0/s1. The Labute approximate surface area is 230 Å². The number of amides is 1. The van der Waals surface area contributed by atoms with Crippen LogP contribution < -0.4 is 10.2 Å². The van der Waals surface area contributed by atoms with E-state index in [-0.39, 0.29) is 0 Å². The summed E-state index contributed by atoms with van der Waals surface area (Å²) in [6, 6.07) is 18.4. The minimum absolute atomic E-state index is 0.342. The summed E-state index contributed by atoms with van der Waals surface area (Å²) in [6.07, 6.45) is 19.5. The molecule has 6 rings (SSSR count). The van der Waals surface area contributed by atoms with Crippen LogP contribution in [-0.4, -0.2) is 25.0 Å². The third-order valence-electron chi connectivity index (χ3n) is 10.6. The van der Waals surface area contributed by atoms with Crippen molar-refractivity contribution >= 4 is 11.6 Å². The molecule has 2 aromatic rings.